The van der Waals surface area contributed by atoms with Crippen LogP contribution >= 0.6 is 0 Å². The van der Waals surface area contributed by atoms with Crippen molar-refractivity contribution < 1.29 is 9.84 Å². The summed E-state index contributed by atoms with van der Waals surface area (Å²) in [6.45, 7) is 5.59. The van der Waals surface area contributed by atoms with E-state index in [0.29, 0.717) is 18.8 Å². The summed E-state index contributed by atoms with van der Waals surface area (Å²) >= 11 is 0. The summed E-state index contributed by atoms with van der Waals surface area (Å²) in [7, 11) is 0. The van der Waals surface area contributed by atoms with Crippen LogP contribution in [0.25, 0.3) is 0 Å². The molecule has 3 atom stereocenters. The second-order valence-corrected chi connectivity index (χ2v) is 5.69. The highest BCUT2D eigenvalue weighted by Crippen LogP contribution is 2.26. The lowest BCUT2D eigenvalue weighted by atomic mass is 9.88. The van der Waals surface area contributed by atoms with Gasteiger partial charge in [0.05, 0.1) is 19.3 Å². The Morgan fingerprint density at radius 2 is 2.00 bits per heavy atom. The molecule has 0 aromatic carbocycles. The molecule has 0 bridgehead atoms. The minimum Gasteiger partial charge on any atom is -0.395 e. The van der Waals surface area contributed by atoms with E-state index in [2.05, 4.69) is 11.8 Å². The molecular formula is C14H27NO2. The Balaban J connectivity index is 1.65. The molecule has 0 aromatic heterocycles. The van der Waals surface area contributed by atoms with Crippen molar-refractivity contribution in [2.45, 2.75) is 57.6 Å². The van der Waals surface area contributed by atoms with Crippen molar-refractivity contribution in [1.29, 1.82) is 0 Å². The maximum atomic E-state index is 9.24. The van der Waals surface area contributed by atoms with Gasteiger partial charge in [0.15, 0.2) is 0 Å². The molecule has 17 heavy (non-hydrogen) atoms. The second-order valence-electron chi connectivity index (χ2n) is 5.69. The number of nitrogens with zero attached hydrogens (tertiary/aromatic N) is 1. The molecule has 3 heteroatoms. The third-order valence-electron chi connectivity index (χ3n) is 4.45. The van der Waals surface area contributed by atoms with Crippen molar-refractivity contribution in [2.24, 2.45) is 5.92 Å². The molecule has 2 rings (SSSR count). The van der Waals surface area contributed by atoms with Gasteiger partial charge in [-0.1, -0.05) is 19.8 Å². The van der Waals surface area contributed by atoms with Crippen LogP contribution in [0.3, 0.4) is 0 Å². The van der Waals surface area contributed by atoms with Gasteiger partial charge in [0.25, 0.3) is 0 Å². The van der Waals surface area contributed by atoms with Gasteiger partial charge < -0.3 is 9.84 Å². The van der Waals surface area contributed by atoms with Gasteiger partial charge in [-0.3, -0.25) is 4.90 Å². The van der Waals surface area contributed by atoms with Gasteiger partial charge in [0, 0.05) is 12.6 Å². The van der Waals surface area contributed by atoms with Crippen molar-refractivity contribution >= 4 is 0 Å². The van der Waals surface area contributed by atoms with E-state index in [0.717, 1.165) is 32.0 Å². The van der Waals surface area contributed by atoms with Gasteiger partial charge in [-0.15, -0.1) is 0 Å². The van der Waals surface area contributed by atoms with E-state index in [-0.39, 0.29) is 0 Å². The molecule has 0 radical (unpaired) electrons. The van der Waals surface area contributed by atoms with Crippen LogP contribution in [0.1, 0.15) is 45.4 Å². The SMILES string of the molecule is CC1CCCCC1OCCN1CCC[C@@H]1CO. The zero-order chi connectivity index (χ0) is 12.1. The second kappa shape index (κ2) is 6.72. The number of ether oxygens (including phenoxy) is 1. The van der Waals surface area contributed by atoms with E-state index in [1.165, 1.54) is 32.1 Å². The van der Waals surface area contributed by atoms with E-state index < -0.39 is 0 Å². The van der Waals surface area contributed by atoms with E-state index >= 15 is 0 Å². The Bertz CT molecular complexity index is 220. The monoisotopic (exact) mass is 241 g/mol. The summed E-state index contributed by atoms with van der Waals surface area (Å²) in [6, 6.07) is 0.391. The summed E-state index contributed by atoms with van der Waals surface area (Å²) in [6.07, 6.45) is 8.14. The number of aliphatic hydroxyl groups is 1. The standard InChI is InChI=1S/C14H27NO2/c1-12-5-2-3-7-14(12)17-10-9-15-8-4-6-13(15)11-16/h12-14,16H,2-11H2,1H3/t12?,13-,14?/m1/s1. The third-order valence-corrected chi connectivity index (χ3v) is 4.45. The first-order valence-corrected chi connectivity index (χ1v) is 7.27. The maximum absolute atomic E-state index is 9.24. The lowest BCUT2D eigenvalue weighted by Crippen LogP contribution is -2.36. The molecule has 2 unspecified atom stereocenters. The molecular weight excluding hydrogens is 214 g/mol. The van der Waals surface area contributed by atoms with Crippen LogP contribution < -0.4 is 0 Å². The topological polar surface area (TPSA) is 32.7 Å². The van der Waals surface area contributed by atoms with Gasteiger partial charge in [-0.05, 0) is 38.1 Å². The van der Waals surface area contributed by atoms with Gasteiger partial charge in [0.1, 0.15) is 0 Å². The number of hydrogen-bond donors (Lipinski definition) is 1. The molecule has 1 aliphatic heterocycles. The molecule has 1 aliphatic carbocycles. The Hall–Kier alpha value is -0.120. The molecule has 1 saturated carbocycles. The maximum Gasteiger partial charge on any atom is 0.0601 e. The summed E-state index contributed by atoms with van der Waals surface area (Å²) in [4.78, 5) is 2.38. The third kappa shape index (κ3) is 3.67. The summed E-state index contributed by atoms with van der Waals surface area (Å²) < 4.78 is 6.03. The quantitative estimate of drug-likeness (QED) is 0.799. The van der Waals surface area contributed by atoms with Crippen LogP contribution in [0.4, 0.5) is 0 Å². The summed E-state index contributed by atoms with van der Waals surface area (Å²) in [5.74, 6) is 0.732. The minimum absolute atomic E-state index is 0.305. The normalized spacial score (nSPS) is 35.3. The fourth-order valence-corrected chi connectivity index (χ4v) is 3.25. The molecule has 3 nitrogen and oxygen atoms in total. The molecule has 1 saturated heterocycles. The van der Waals surface area contributed by atoms with Crippen molar-refractivity contribution in [2.75, 3.05) is 26.3 Å². The van der Waals surface area contributed by atoms with Crippen LogP contribution in [0.2, 0.25) is 0 Å². The average Bonchev–Trinajstić information content (AvgIpc) is 2.79. The predicted octanol–water partition coefficient (Wildman–Crippen LogP) is 2.04. The molecule has 2 fully saturated rings. The van der Waals surface area contributed by atoms with E-state index in [1.807, 2.05) is 0 Å². The Kier molecular flexibility index (Phi) is 5.26. The number of aliphatic hydroxyl groups excluding tert-OH is 1. The largest absolute Gasteiger partial charge is 0.395 e. The van der Waals surface area contributed by atoms with Crippen molar-refractivity contribution in [3.05, 3.63) is 0 Å². The zero-order valence-corrected chi connectivity index (χ0v) is 11.1. The molecule has 100 valence electrons. The number of likely N-dealkylation sites (tertiary alicyclic amines) is 1. The fourth-order valence-electron chi connectivity index (χ4n) is 3.25. The zero-order valence-electron chi connectivity index (χ0n) is 11.1. The Morgan fingerprint density at radius 1 is 1.18 bits per heavy atom. The fraction of sp³-hybridized carbons (Fsp3) is 1.00. The summed E-state index contributed by atoms with van der Waals surface area (Å²) in [5.41, 5.74) is 0. The van der Waals surface area contributed by atoms with Crippen molar-refractivity contribution in [3.63, 3.8) is 0 Å². The molecule has 0 amide bonds. The van der Waals surface area contributed by atoms with Crippen molar-refractivity contribution in [1.82, 2.24) is 4.90 Å². The highest BCUT2D eigenvalue weighted by Gasteiger charge is 2.25. The van der Waals surface area contributed by atoms with Gasteiger partial charge in [0.2, 0.25) is 0 Å². The van der Waals surface area contributed by atoms with Gasteiger partial charge in [-0.2, -0.15) is 0 Å². The lowest BCUT2D eigenvalue weighted by Gasteiger charge is -2.30. The smallest absolute Gasteiger partial charge is 0.0601 e. The number of rotatable bonds is 5. The van der Waals surface area contributed by atoms with Gasteiger partial charge >= 0.3 is 0 Å². The van der Waals surface area contributed by atoms with E-state index in [9.17, 15) is 5.11 Å². The van der Waals surface area contributed by atoms with Crippen LogP contribution in [0, 0.1) is 5.92 Å². The molecule has 0 spiro atoms. The van der Waals surface area contributed by atoms with Crippen molar-refractivity contribution in [3.8, 4) is 0 Å². The first kappa shape index (κ1) is 13.3. The molecule has 1 heterocycles. The highest BCUT2D eigenvalue weighted by molar-refractivity contribution is 4.78. The lowest BCUT2D eigenvalue weighted by molar-refractivity contribution is -0.0167. The Labute approximate surface area is 105 Å². The van der Waals surface area contributed by atoms with Crippen LogP contribution in [-0.4, -0.2) is 48.5 Å². The Morgan fingerprint density at radius 3 is 2.76 bits per heavy atom. The van der Waals surface area contributed by atoms with Crippen LogP contribution in [0.15, 0.2) is 0 Å². The first-order valence-electron chi connectivity index (χ1n) is 7.27. The van der Waals surface area contributed by atoms with Crippen LogP contribution in [-0.2, 0) is 4.74 Å². The van der Waals surface area contributed by atoms with E-state index in [1.54, 1.807) is 0 Å². The minimum atomic E-state index is 0.305. The number of hydrogen-bond acceptors (Lipinski definition) is 3. The van der Waals surface area contributed by atoms with Gasteiger partial charge in [-0.25, -0.2) is 0 Å². The first-order chi connectivity index (χ1) is 8.31. The molecule has 1 N–H and O–H groups in total. The highest BCUT2D eigenvalue weighted by atomic mass is 16.5. The molecule has 2 aliphatic rings. The van der Waals surface area contributed by atoms with E-state index in [4.69, 9.17) is 4.74 Å². The predicted molar refractivity (Wildman–Crippen MR) is 69.1 cm³/mol. The van der Waals surface area contributed by atoms with Crippen LogP contribution in [0.5, 0.6) is 0 Å². The molecule has 0 aromatic rings. The average molecular weight is 241 g/mol. The summed E-state index contributed by atoms with van der Waals surface area (Å²) in [5, 5.41) is 9.24.